The average molecular weight is 513 g/mol. The van der Waals surface area contributed by atoms with Crippen molar-refractivity contribution < 1.29 is 24.3 Å². The Kier molecular flexibility index (Phi) is 7.69. The van der Waals surface area contributed by atoms with Crippen molar-refractivity contribution in [2.24, 2.45) is 0 Å². The summed E-state index contributed by atoms with van der Waals surface area (Å²) in [4.78, 5) is 49.7. The van der Waals surface area contributed by atoms with E-state index in [9.17, 15) is 24.3 Å². The number of aromatic carboxylic acids is 1. The molecule has 7 nitrogen and oxygen atoms in total. The molecule has 1 unspecified atom stereocenters. The second-order valence-corrected chi connectivity index (χ2v) is 9.79. The van der Waals surface area contributed by atoms with E-state index in [1.807, 2.05) is 6.07 Å². The van der Waals surface area contributed by atoms with Crippen molar-refractivity contribution in [2.45, 2.75) is 24.0 Å². The van der Waals surface area contributed by atoms with Crippen molar-refractivity contribution in [3.05, 3.63) is 102 Å². The Labute approximate surface area is 217 Å². The maximum atomic E-state index is 13.1. The Hall–Kier alpha value is -4.43. The Morgan fingerprint density at radius 3 is 2.08 bits per heavy atom. The standard InChI is InChI=1S/C29H24N2O5S/c1-17(32)19-12-14-21(15-13-19)30-27(33)18(2)37-23-9-5-8-22(16-23)31-28(34)24-10-3-6-20-7-4-11-25(26(20)24)29(35)36/h3-16,18H,1-2H3,(H,30,33)(H,31,34)(H,35,36). The van der Waals surface area contributed by atoms with Crippen molar-refractivity contribution in [3.63, 3.8) is 0 Å². The van der Waals surface area contributed by atoms with Gasteiger partial charge >= 0.3 is 5.97 Å². The van der Waals surface area contributed by atoms with E-state index in [1.54, 1.807) is 79.7 Å². The fourth-order valence-corrected chi connectivity index (χ4v) is 4.77. The number of carboxylic acid groups (broad SMARTS) is 1. The van der Waals surface area contributed by atoms with Gasteiger partial charge in [-0.05, 0) is 73.8 Å². The number of carbonyl (C=O) groups excluding carboxylic acids is 3. The van der Waals surface area contributed by atoms with Gasteiger partial charge in [0.15, 0.2) is 5.78 Å². The van der Waals surface area contributed by atoms with E-state index in [4.69, 9.17) is 0 Å². The molecular weight excluding hydrogens is 488 g/mol. The summed E-state index contributed by atoms with van der Waals surface area (Å²) in [5, 5.41) is 15.9. The largest absolute Gasteiger partial charge is 0.478 e. The lowest BCUT2D eigenvalue weighted by molar-refractivity contribution is -0.115. The Morgan fingerprint density at radius 1 is 0.784 bits per heavy atom. The Morgan fingerprint density at radius 2 is 1.43 bits per heavy atom. The summed E-state index contributed by atoms with van der Waals surface area (Å²) >= 11 is 1.33. The molecule has 1 atom stereocenters. The third-order valence-electron chi connectivity index (χ3n) is 5.71. The molecule has 4 aromatic rings. The van der Waals surface area contributed by atoms with Gasteiger partial charge in [0.2, 0.25) is 5.91 Å². The molecule has 0 heterocycles. The number of hydrogen-bond donors (Lipinski definition) is 3. The summed E-state index contributed by atoms with van der Waals surface area (Å²) in [6.07, 6.45) is 0. The summed E-state index contributed by atoms with van der Waals surface area (Å²) in [6, 6.07) is 23.8. The number of ketones is 1. The fraction of sp³-hybridized carbons (Fsp3) is 0.103. The lowest BCUT2D eigenvalue weighted by Crippen LogP contribution is -2.22. The maximum absolute atomic E-state index is 13.1. The number of amides is 2. The first-order valence-corrected chi connectivity index (χ1v) is 12.4. The van der Waals surface area contributed by atoms with E-state index < -0.39 is 17.1 Å². The topological polar surface area (TPSA) is 113 Å². The summed E-state index contributed by atoms with van der Waals surface area (Å²) < 4.78 is 0. The van der Waals surface area contributed by atoms with E-state index >= 15 is 0 Å². The van der Waals surface area contributed by atoms with Crippen molar-refractivity contribution in [3.8, 4) is 0 Å². The Balaban J connectivity index is 1.46. The van der Waals surface area contributed by atoms with Crippen LogP contribution in [0.25, 0.3) is 10.8 Å². The molecule has 0 aromatic heterocycles. The van der Waals surface area contributed by atoms with Crippen molar-refractivity contribution >= 4 is 57.5 Å². The smallest absolute Gasteiger partial charge is 0.336 e. The van der Waals surface area contributed by atoms with Gasteiger partial charge in [-0.1, -0.05) is 30.3 Å². The van der Waals surface area contributed by atoms with Crippen molar-refractivity contribution in [2.75, 3.05) is 10.6 Å². The molecule has 0 aliphatic rings. The van der Waals surface area contributed by atoms with Gasteiger partial charge in [-0.25, -0.2) is 4.79 Å². The van der Waals surface area contributed by atoms with Crippen LogP contribution in [0.1, 0.15) is 44.9 Å². The minimum atomic E-state index is -1.11. The van der Waals surface area contributed by atoms with Crippen LogP contribution < -0.4 is 10.6 Å². The predicted molar refractivity (Wildman–Crippen MR) is 146 cm³/mol. The van der Waals surface area contributed by atoms with Crippen LogP contribution in [-0.4, -0.2) is 33.9 Å². The van der Waals surface area contributed by atoms with Gasteiger partial charge in [0.25, 0.3) is 5.91 Å². The quantitative estimate of drug-likeness (QED) is 0.194. The minimum absolute atomic E-state index is 0.0449. The van der Waals surface area contributed by atoms with Crippen LogP contribution in [0.5, 0.6) is 0 Å². The van der Waals surface area contributed by atoms with Crippen LogP contribution in [0.2, 0.25) is 0 Å². The molecular formula is C29H24N2O5S. The van der Waals surface area contributed by atoms with Gasteiger partial charge in [-0.2, -0.15) is 0 Å². The van der Waals surface area contributed by atoms with Gasteiger partial charge in [0.05, 0.1) is 10.8 Å². The van der Waals surface area contributed by atoms with E-state index in [-0.39, 0.29) is 22.8 Å². The molecule has 0 saturated heterocycles. The third kappa shape index (κ3) is 6.05. The number of thioether (sulfide) groups is 1. The molecule has 186 valence electrons. The number of Topliss-reactive ketones (excluding diaryl/α,β-unsaturated/α-hetero) is 1. The zero-order valence-electron chi connectivity index (χ0n) is 20.1. The highest BCUT2D eigenvalue weighted by Gasteiger charge is 2.18. The van der Waals surface area contributed by atoms with Crippen LogP contribution in [0.15, 0.2) is 89.8 Å². The molecule has 2 amide bonds. The molecule has 0 bridgehead atoms. The first-order chi connectivity index (χ1) is 17.7. The zero-order chi connectivity index (χ0) is 26.5. The minimum Gasteiger partial charge on any atom is -0.478 e. The number of carboxylic acids is 1. The lowest BCUT2D eigenvalue weighted by atomic mass is 9.98. The van der Waals surface area contributed by atoms with E-state index in [2.05, 4.69) is 10.6 Å². The number of rotatable bonds is 8. The number of anilines is 2. The molecule has 0 radical (unpaired) electrons. The first kappa shape index (κ1) is 25.7. The molecule has 4 rings (SSSR count). The molecule has 37 heavy (non-hydrogen) atoms. The number of fused-ring (bicyclic) bond motifs is 1. The summed E-state index contributed by atoms with van der Waals surface area (Å²) in [6.45, 7) is 3.26. The number of nitrogens with one attached hydrogen (secondary N) is 2. The van der Waals surface area contributed by atoms with Crippen LogP contribution in [-0.2, 0) is 4.79 Å². The van der Waals surface area contributed by atoms with Crippen LogP contribution in [0.4, 0.5) is 11.4 Å². The summed E-state index contributed by atoms with van der Waals surface area (Å²) in [5.41, 5.74) is 2.01. The molecule has 0 spiro atoms. The van der Waals surface area contributed by atoms with Gasteiger partial charge in [0, 0.05) is 32.8 Å². The summed E-state index contributed by atoms with van der Waals surface area (Å²) in [5.74, 6) is -1.78. The van der Waals surface area contributed by atoms with E-state index in [1.165, 1.54) is 24.8 Å². The number of carbonyl (C=O) groups is 4. The molecule has 3 N–H and O–H groups in total. The number of hydrogen-bond acceptors (Lipinski definition) is 5. The highest BCUT2D eigenvalue weighted by Crippen LogP contribution is 2.28. The maximum Gasteiger partial charge on any atom is 0.336 e. The SMILES string of the molecule is CC(=O)c1ccc(NC(=O)C(C)Sc2cccc(NC(=O)c3cccc4cccc(C(=O)O)c34)c2)cc1. The molecule has 0 saturated carbocycles. The van der Waals surface area contributed by atoms with Crippen LogP contribution >= 0.6 is 11.8 Å². The van der Waals surface area contributed by atoms with Gasteiger partial charge in [-0.15, -0.1) is 11.8 Å². The van der Waals surface area contributed by atoms with Crippen molar-refractivity contribution in [1.82, 2.24) is 0 Å². The molecule has 0 aliphatic heterocycles. The van der Waals surface area contributed by atoms with Crippen molar-refractivity contribution in [1.29, 1.82) is 0 Å². The highest BCUT2D eigenvalue weighted by atomic mass is 32.2. The van der Waals surface area contributed by atoms with Gasteiger partial charge in [-0.3, -0.25) is 14.4 Å². The molecule has 8 heteroatoms. The lowest BCUT2D eigenvalue weighted by Gasteiger charge is -2.14. The highest BCUT2D eigenvalue weighted by molar-refractivity contribution is 8.00. The predicted octanol–water partition coefficient (Wildman–Crippen LogP) is 6.11. The Bertz CT molecular complexity index is 1510. The van der Waals surface area contributed by atoms with E-state index in [0.29, 0.717) is 27.7 Å². The van der Waals surface area contributed by atoms with Gasteiger partial charge in [0.1, 0.15) is 0 Å². The molecule has 0 fully saturated rings. The second-order valence-electron chi connectivity index (χ2n) is 8.38. The van der Waals surface area contributed by atoms with Crippen LogP contribution in [0, 0.1) is 0 Å². The number of benzene rings is 4. The van der Waals surface area contributed by atoms with Crippen LogP contribution in [0.3, 0.4) is 0 Å². The third-order valence-corrected chi connectivity index (χ3v) is 6.81. The normalized spacial score (nSPS) is 11.5. The van der Waals surface area contributed by atoms with E-state index in [0.717, 1.165) is 4.90 Å². The second kappa shape index (κ2) is 11.1. The first-order valence-electron chi connectivity index (χ1n) is 11.5. The zero-order valence-corrected chi connectivity index (χ0v) is 21.0. The molecule has 0 aliphatic carbocycles. The van der Waals surface area contributed by atoms with Gasteiger partial charge < -0.3 is 15.7 Å². The average Bonchev–Trinajstić information content (AvgIpc) is 2.88. The fourth-order valence-electron chi connectivity index (χ4n) is 3.84. The monoisotopic (exact) mass is 512 g/mol. The summed E-state index contributed by atoms with van der Waals surface area (Å²) in [7, 11) is 0. The molecule has 4 aromatic carbocycles.